The van der Waals surface area contributed by atoms with Gasteiger partial charge >= 0.3 is 11.7 Å². The summed E-state index contributed by atoms with van der Waals surface area (Å²) >= 11 is 3.17. The third kappa shape index (κ3) is 5.87. The van der Waals surface area contributed by atoms with Crippen molar-refractivity contribution in [2.75, 3.05) is 20.8 Å². The third-order valence-electron chi connectivity index (χ3n) is 1.99. The standard InChI is InChI=1S/C9H10BrNO4.C3H6O2/c1-3-15-8-5-6(10)4-7(11(12)13)9(8)14-2;1-3(4)5-2/h4-5H,3H2,1-2H3;1-2H3. The number of ether oxygens (including phenoxy) is 3. The smallest absolute Gasteiger partial charge is 0.316 e. The Balaban J connectivity index is 0.000000621. The van der Waals surface area contributed by atoms with E-state index in [0.717, 1.165) is 0 Å². The van der Waals surface area contributed by atoms with Crippen molar-refractivity contribution >= 4 is 27.6 Å². The number of halogens is 1. The van der Waals surface area contributed by atoms with Gasteiger partial charge in [-0.25, -0.2) is 0 Å². The lowest BCUT2D eigenvalue weighted by Crippen LogP contribution is -1.99. The Labute approximate surface area is 125 Å². The number of rotatable bonds is 4. The molecule has 1 aromatic carbocycles. The molecule has 8 heteroatoms. The van der Waals surface area contributed by atoms with Gasteiger partial charge in [-0.3, -0.25) is 14.9 Å². The third-order valence-corrected chi connectivity index (χ3v) is 2.45. The van der Waals surface area contributed by atoms with Gasteiger partial charge in [-0.2, -0.15) is 0 Å². The van der Waals surface area contributed by atoms with Crippen molar-refractivity contribution in [1.29, 1.82) is 0 Å². The summed E-state index contributed by atoms with van der Waals surface area (Å²) in [7, 11) is 2.72. The van der Waals surface area contributed by atoms with Crippen LogP contribution in [0.3, 0.4) is 0 Å². The number of methoxy groups -OCH3 is 2. The van der Waals surface area contributed by atoms with Gasteiger partial charge in [0.15, 0.2) is 5.75 Å². The fourth-order valence-electron chi connectivity index (χ4n) is 1.16. The molecule has 0 N–H and O–H groups in total. The molecule has 0 saturated heterocycles. The van der Waals surface area contributed by atoms with Crippen LogP contribution in [0.5, 0.6) is 11.5 Å². The molecule has 0 amide bonds. The first kappa shape index (κ1) is 18.2. The highest BCUT2D eigenvalue weighted by molar-refractivity contribution is 9.10. The van der Waals surface area contributed by atoms with Crippen molar-refractivity contribution in [2.45, 2.75) is 13.8 Å². The highest BCUT2D eigenvalue weighted by atomic mass is 79.9. The lowest BCUT2D eigenvalue weighted by molar-refractivity contribution is -0.385. The van der Waals surface area contributed by atoms with E-state index >= 15 is 0 Å². The van der Waals surface area contributed by atoms with Crippen LogP contribution in [0, 0.1) is 10.1 Å². The minimum Gasteiger partial charge on any atom is -0.490 e. The summed E-state index contributed by atoms with van der Waals surface area (Å²) in [6, 6.07) is 3.01. The van der Waals surface area contributed by atoms with Gasteiger partial charge in [0.25, 0.3) is 0 Å². The zero-order valence-electron chi connectivity index (χ0n) is 11.6. The molecule has 0 unspecified atom stereocenters. The van der Waals surface area contributed by atoms with Crippen molar-refractivity contribution in [1.82, 2.24) is 0 Å². The zero-order chi connectivity index (χ0) is 15.7. The Morgan fingerprint density at radius 2 is 1.95 bits per heavy atom. The van der Waals surface area contributed by atoms with Gasteiger partial charge in [0.05, 0.1) is 25.7 Å². The molecule has 1 rings (SSSR count). The predicted octanol–water partition coefficient (Wildman–Crippen LogP) is 2.94. The summed E-state index contributed by atoms with van der Waals surface area (Å²) in [6.45, 7) is 3.58. The average Bonchev–Trinajstić information content (AvgIpc) is 2.39. The zero-order valence-corrected chi connectivity index (χ0v) is 13.2. The molecule has 0 fully saturated rings. The monoisotopic (exact) mass is 349 g/mol. The molecular formula is C12H16BrNO6. The van der Waals surface area contributed by atoms with Crippen LogP contribution in [0.4, 0.5) is 5.69 Å². The molecule has 0 bridgehead atoms. The van der Waals surface area contributed by atoms with Crippen LogP contribution in [0.1, 0.15) is 13.8 Å². The topological polar surface area (TPSA) is 87.9 Å². The molecule has 0 aromatic heterocycles. The molecule has 0 atom stereocenters. The molecule has 112 valence electrons. The fourth-order valence-corrected chi connectivity index (χ4v) is 1.58. The number of nitro groups is 1. The lowest BCUT2D eigenvalue weighted by Gasteiger charge is -2.09. The summed E-state index contributed by atoms with van der Waals surface area (Å²) in [5.41, 5.74) is -0.115. The van der Waals surface area contributed by atoms with E-state index in [1.807, 2.05) is 0 Å². The molecule has 0 radical (unpaired) electrons. The molecule has 20 heavy (non-hydrogen) atoms. The Morgan fingerprint density at radius 1 is 1.40 bits per heavy atom. The predicted molar refractivity (Wildman–Crippen MR) is 76.2 cm³/mol. The number of nitro benzene ring substituents is 1. The van der Waals surface area contributed by atoms with Crippen LogP contribution in [-0.4, -0.2) is 31.7 Å². The Hall–Kier alpha value is -1.83. The summed E-state index contributed by atoms with van der Waals surface area (Å²) in [6.07, 6.45) is 0. The van der Waals surface area contributed by atoms with Crippen LogP contribution >= 0.6 is 15.9 Å². The fraction of sp³-hybridized carbons (Fsp3) is 0.417. The second-order valence-corrected chi connectivity index (χ2v) is 4.26. The van der Waals surface area contributed by atoms with E-state index in [9.17, 15) is 14.9 Å². The summed E-state index contributed by atoms with van der Waals surface area (Å²) in [4.78, 5) is 19.8. The van der Waals surface area contributed by atoms with Gasteiger partial charge in [-0.15, -0.1) is 0 Å². The van der Waals surface area contributed by atoms with Gasteiger partial charge in [-0.1, -0.05) is 15.9 Å². The van der Waals surface area contributed by atoms with E-state index < -0.39 is 4.92 Å². The van der Waals surface area contributed by atoms with Crippen LogP contribution in [-0.2, 0) is 9.53 Å². The van der Waals surface area contributed by atoms with Crippen LogP contribution in [0.25, 0.3) is 0 Å². The van der Waals surface area contributed by atoms with Gasteiger partial charge in [-0.05, 0) is 13.0 Å². The molecule has 0 aliphatic carbocycles. The van der Waals surface area contributed by atoms with Gasteiger partial charge in [0.2, 0.25) is 5.75 Å². The van der Waals surface area contributed by atoms with Crippen molar-refractivity contribution < 1.29 is 23.9 Å². The van der Waals surface area contributed by atoms with Crippen LogP contribution < -0.4 is 9.47 Å². The highest BCUT2D eigenvalue weighted by Gasteiger charge is 2.20. The maximum atomic E-state index is 10.7. The van der Waals surface area contributed by atoms with E-state index in [1.165, 1.54) is 27.2 Å². The van der Waals surface area contributed by atoms with E-state index in [0.29, 0.717) is 16.8 Å². The number of nitrogens with zero attached hydrogens (tertiary/aromatic N) is 1. The Kier molecular flexibility index (Phi) is 8.30. The van der Waals surface area contributed by atoms with E-state index in [1.54, 1.807) is 13.0 Å². The minimum atomic E-state index is -0.508. The van der Waals surface area contributed by atoms with Crippen LogP contribution in [0.15, 0.2) is 16.6 Å². The minimum absolute atomic E-state index is 0.115. The number of benzene rings is 1. The molecule has 0 saturated carbocycles. The average molecular weight is 350 g/mol. The number of hydrogen-bond donors (Lipinski definition) is 0. The molecule has 1 aromatic rings. The maximum absolute atomic E-state index is 10.7. The molecule has 0 aliphatic heterocycles. The van der Waals surface area contributed by atoms with Gasteiger partial charge < -0.3 is 14.2 Å². The van der Waals surface area contributed by atoms with Crippen molar-refractivity contribution in [2.24, 2.45) is 0 Å². The molecular weight excluding hydrogens is 334 g/mol. The van der Waals surface area contributed by atoms with Gasteiger partial charge in [0, 0.05) is 17.5 Å². The number of carbonyl (C=O) groups is 1. The lowest BCUT2D eigenvalue weighted by atomic mass is 10.2. The van der Waals surface area contributed by atoms with Crippen molar-refractivity contribution in [3.05, 3.63) is 26.7 Å². The Morgan fingerprint density at radius 3 is 2.30 bits per heavy atom. The van der Waals surface area contributed by atoms with Gasteiger partial charge in [0.1, 0.15) is 0 Å². The molecule has 0 aliphatic rings. The van der Waals surface area contributed by atoms with E-state index in [-0.39, 0.29) is 17.4 Å². The first-order valence-electron chi connectivity index (χ1n) is 5.56. The first-order valence-corrected chi connectivity index (χ1v) is 6.35. The van der Waals surface area contributed by atoms with Crippen molar-refractivity contribution in [3.8, 4) is 11.5 Å². The van der Waals surface area contributed by atoms with Crippen LogP contribution in [0.2, 0.25) is 0 Å². The second-order valence-electron chi connectivity index (χ2n) is 3.34. The van der Waals surface area contributed by atoms with Crippen molar-refractivity contribution in [3.63, 3.8) is 0 Å². The van der Waals surface area contributed by atoms with E-state index in [2.05, 4.69) is 20.7 Å². The largest absolute Gasteiger partial charge is 0.490 e. The quantitative estimate of drug-likeness (QED) is 0.471. The number of hydrogen-bond acceptors (Lipinski definition) is 6. The maximum Gasteiger partial charge on any atom is 0.316 e. The molecule has 0 heterocycles. The summed E-state index contributed by atoms with van der Waals surface area (Å²) in [5, 5.41) is 10.7. The first-order chi connectivity index (χ1) is 9.37. The highest BCUT2D eigenvalue weighted by Crippen LogP contribution is 2.39. The number of esters is 1. The summed E-state index contributed by atoms with van der Waals surface area (Å²) in [5.74, 6) is 0.260. The normalized spacial score (nSPS) is 9.05. The summed E-state index contributed by atoms with van der Waals surface area (Å²) < 4.78 is 14.9. The molecule has 0 spiro atoms. The number of carbonyl (C=O) groups excluding carboxylic acids is 1. The molecule has 7 nitrogen and oxygen atoms in total. The SMILES string of the molecule is CCOc1cc(Br)cc([N+](=O)[O-])c1OC.COC(C)=O. The Bertz CT molecular complexity index is 477. The second kappa shape index (κ2) is 9.13. The van der Waals surface area contributed by atoms with E-state index in [4.69, 9.17) is 9.47 Å².